The number of aromatic amines is 1. The van der Waals surface area contributed by atoms with Crippen LogP contribution in [0.1, 0.15) is 19.0 Å². The molecule has 2 rings (SSSR count). The summed E-state index contributed by atoms with van der Waals surface area (Å²) in [5, 5.41) is 4.13. The molecule has 1 aliphatic rings. The maximum atomic E-state index is 11.1. The SMILES string of the molecule is CC1CC(c2cccc(=O)[nH]2)=NNC1=S. The van der Waals surface area contributed by atoms with Gasteiger partial charge in [-0.15, -0.1) is 0 Å². The summed E-state index contributed by atoms with van der Waals surface area (Å²) in [5.74, 6) is 0.260. The minimum Gasteiger partial charge on any atom is -0.321 e. The van der Waals surface area contributed by atoms with Crippen LogP contribution in [-0.2, 0) is 0 Å². The van der Waals surface area contributed by atoms with E-state index >= 15 is 0 Å². The van der Waals surface area contributed by atoms with Gasteiger partial charge in [0.05, 0.1) is 16.4 Å². The molecule has 1 aromatic rings. The highest BCUT2D eigenvalue weighted by atomic mass is 32.1. The lowest BCUT2D eigenvalue weighted by molar-refractivity contribution is 0.747. The standard InChI is InChI=1S/C10H11N3OS/c1-6-5-8(12-13-10(6)15)7-3-2-4-9(14)11-7/h2-4,6H,5H2,1H3,(H,11,14)(H,13,15). The molecule has 0 aliphatic carbocycles. The van der Waals surface area contributed by atoms with Crippen molar-refractivity contribution < 1.29 is 0 Å². The van der Waals surface area contributed by atoms with Crippen LogP contribution in [0.25, 0.3) is 0 Å². The molecular formula is C10H11N3OS. The van der Waals surface area contributed by atoms with Gasteiger partial charge in [0.25, 0.3) is 0 Å². The molecule has 0 fully saturated rings. The first-order chi connectivity index (χ1) is 7.16. The summed E-state index contributed by atoms with van der Waals surface area (Å²) in [6.45, 7) is 2.03. The van der Waals surface area contributed by atoms with Crippen LogP contribution >= 0.6 is 12.2 Å². The zero-order chi connectivity index (χ0) is 10.8. The monoisotopic (exact) mass is 221 g/mol. The fraction of sp³-hybridized carbons (Fsp3) is 0.300. The van der Waals surface area contributed by atoms with Gasteiger partial charge in [-0.05, 0) is 6.07 Å². The van der Waals surface area contributed by atoms with E-state index in [1.807, 2.05) is 13.0 Å². The molecule has 0 saturated carbocycles. The molecule has 1 aliphatic heterocycles. The van der Waals surface area contributed by atoms with Crippen LogP contribution < -0.4 is 11.0 Å². The highest BCUT2D eigenvalue weighted by Crippen LogP contribution is 2.13. The van der Waals surface area contributed by atoms with Crippen LogP contribution in [0.4, 0.5) is 0 Å². The molecule has 1 atom stereocenters. The van der Waals surface area contributed by atoms with Gasteiger partial charge in [0.2, 0.25) is 5.56 Å². The Kier molecular flexibility index (Phi) is 2.64. The first kappa shape index (κ1) is 10.0. The fourth-order valence-corrected chi connectivity index (χ4v) is 1.58. The summed E-state index contributed by atoms with van der Waals surface area (Å²) in [7, 11) is 0. The van der Waals surface area contributed by atoms with E-state index in [-0.39, 0.29) is 11.5 Å². The third kappa shape index (κ3) is 2.12. The van der Waals surface area contributed by atoms with E-state index < -0.39 is 0 Å². The van der Waals surface area contributed by atoms with Gasteiger partial charge < -0.3 is 4.98 Å². The molecule has 2 N–H and O–H groups in total. The predicted octanol–water partition coefficient (Wildman–Crippen LogP) is 1.04. The van der Waals surface area contributed by atoms with Crippen molar-refractivity contribution in [3.05, 3.63) is 34.2 Å². The second kappa shape index (κ2) is 3.94. The summed E-state index contributed by atoms with van der Waals surface area (Å²) in [6.07, 6.45) is 0.756. The van der Waals surface area contributed by atoms with E-state index in [4.69, 9.17) is 12.2 Å². The zero-order valence-corrected chi connectivity index (χ0v) is 9.10. The van der Waals surface area contributed by atoms with Crippen molar-refractivity contribution in [2.45, 2.75) is 13.3 Å². The van der Waals surface area contributed by atoms with Gasteiger partial charge in [0.15, 0.2) is 0 Å². The number of nitrogens with one attached hydrogen (secondary N) is 2. The van der Waals surface area contributed by atoms with E-state index in [0.717, 1.165) is 22.8 Å². The quantitative estimate of drug-likeness (QED) is 0.696. The van der Waals surface area contributed by atoms with Crippen molar-refractivity contribution in [1.82, 2.24) is 10.4 Å². The Hall–Kier alpha value is -1.49. The highest BCUT2D eigenvalue weighted by molar-refractivity contribution is 7.80. The second-order valence-electron chi connectivity index (χ2n) is 3.57. The molecule has 2 heterocycles. The number of H-pyrrole nitrogens is 1. The summed E-state index contributed by atoms with van der Waals surface area (Å²) in [6, 6.07) is 5.03. The average molecular weight is 221 g/mol. The van der Waals surface area contributed by atoms with Gasteiger partial charge in [-0.2, -0.15) is 5.10 Å². The molecule has 1 unspecified atom stereocenters. The van der Waals surface area contributed by atoms with E-state index in [1.54, 1.807) is 6.07 Å². The third-order valence-electron chi connectivity index (χ3n) is 2.33. The molecule has 5 heteroatoms. The smallest absolute Gasteiger partial charge is 0.248 e. The van der Waals surface area contributed by atoms with Crippen LogP contribution in [0.3, 0.4) is 0 Å². The summed E-state index contributed by atoms with van der Waals surface area (Å²) >= 11 is 5.07. The number of rotatable bonds is 1. The van der Waals surface area contributed by atoms with Crippen molar-refractivity contribution in [2.75, 3.05) is 0 Å². The molecule has 0 bridgehead atoms. The molecule has 4 nitrogen and oxygen atoms in total. The van der Waals surface area contributed by atoms with Crippen LogP contribution in [0.2, 0.25) is 0 Å². The molecule has 0 saturated heterocycles. The van der Waals surface area contributed by atoms with Gasteiger partial charge in [-0.1, -0.05) is 25.2 Å². The Morgan fingerprint density at radius 3 is 3.00 bits per heavy atom. The minimum absolute atomic E-state index is 0.115. The summed E-state index contributed by atoms with van der Waals surface area (Å²) in [4.78, 5) is 14.6. The zero-order valence-electron chi connectivity index (χ0n) is 8.28. The van der Waals surface area contributed by atoms with Gasteiger partial charge in [-0.3, -0.25) is 10.2 Å². The van der Waals surface area contributed by atoms with Gasteiger partial charge >= 0.3 is 0 Å². The Bertz CT molecular complexity index is 478. The van der Waals surface area contributed by atoms with Crippen molar-refractivity contribution in [3.63, 3.8) is 0 Å². The molecule has 1 aromatic heterocycles. The number of hydrazone groups is 1. The average Bonchev–Trinajstić information content (AvgIpc) is 2.22. The van der Waals surface area contributed by atoms with Crippen molar-refractivity contribution in [1.29, 1.82) is 0 Å². The Balaban J connectivity index is 2.33. The van der Waals surface area contributed by atoms with Crippen molar-refractivity contribution >= 4 is 22.9 Å². The van der Waals surface area contributed by atoms with E-state index in [9.17, 15) is 4.79 Å². The molecule has 0 amide bonds. The van der Waals surface area contributed by atoms with Gasteiger partial charge in [0, 0.05) is 18.4 Å². The topological polar surface area (TPSA) is 57.2 Å². The molecule has 0 radical (unpaired) electrons. The largest absolute Gasteiger partial charge is 0.321 e. The molecule has 78 valence electrons. The van der Waals surface area contributed by atoms with E-state index in [1.165, 1.54) is 6.07 Å². The maximum absolute atomic E-state index is 11.1. The first-order valence-electron chi connectivity index (χ1n) is 4.73. The first-order valence-corrected chi connectivity index (χ1v) is 5.14. The number of thiocarbonyl (C=S) groups is 1. The lowest BCUT2D eigenvalue weighted by Gasteiger charge is -2.19. The molecule has 0 spiro atoms. The van der Waals surface area contributed by atoms with Crippen LogP contribution in [-0.4, -0.2) is 15.7 Å². The maximum Gasteiger partial charge on any atom is 0.248 e. The lowest BCUT2D eigenvalue weighted by Crippen LogP contribution is -2.32. The van der Waals surface area contributed by atoms with Crippen molar-refractivity contribution in [3.8, 4) is 0 Å². The number of aromatic nitrogens is 1. The summed E-state index contributed by atoms with van der Waals surface area (Å²) in [5.41, 5.74) is 4.28. The van der Waals surface area contributed by atoms with Crippen LogP contribution in [0.5, 0.6) is 0 Å². The number of hydrogen-bond donors (Lipinski definition) is 2. The normalized spacial score (nSPS) is 20.7. The Labute approximate surface area is 92.4 Å². The van der Waals surface area contributed by atoms with Crippen LogP contribution in [0, 0.1) is 5.92 Å². The summed E-state index contributed by atoms with van der Waals surface area (Å²) < 4.78 is 0. The number of nitrogens with zero attached hydrogens (tertiary/aromatic N) is 1. The minimum atomic E-state index is -0.115. The Morgan fingerprint density at radius 1 is 1.53 bits per heavy atom. The molecule has 0 aromatic carbocycles. The van der Waals surface area contributed by atoms with Crippen molar-refractivity contribution in [2.24, 2.45) is 11.0 Å². The second-order valence-corrected chi connectivity index (χ2v) is 4.01. The van der Waals surface area contributed by atoms with E-state index in [2.05, 4.69) is 15.5 Å². The van der Waals surface area contributed by atoms with Crippen LogP contribution in [0.15, 0.2) is 28.1 Å². The molecular weight excluding hydrogens is 210 g/mol. The highest BCUT2D eigenvalue weighted by Gasteiger charge is 2.18. The number of pyridine rings is 1. The number of hydrogen-bond acceptors (Lipinski definition) is 3. The van der Waals surface area contributed by atoms with Gasteiger partial charge in [-0.25, -0.2) is 0 Å². The van der Waals surface area contributed by atoms with Gasteiger partial charge in [0.1, 0.15) is 0 Å². The lowest BCUT2D eigenvalue weighted by atomic mass is 10.0. The Morgan fingerprint density at radius 2 is 2.33 bits per heavy atom. The fourth-order valence-electron chi connectivity index (χ4n) is 1.45. The molecule has 15 heavy (non-hydrogen) atoms. The van der Waals surface area contributed by atoms with E-state index in [0.29, 0.717) is 0 Å². The third-order valence-corrected chi connectivity index (χ3v) is 2.82. The predicted molar refractivity (Wildman–Crippen MR) is 63.1 cm³/mol.